The summed E-state index contributed by atoms with van der Waals surface area (Å²) in [5.74, 6) is 0. The molecule has 0 aliphatic carbocycles. The van der Waals surface area contributed by atoms with E-state index in [1.807, 2.05) is 12.5 Å². The number of nitrogens with zero attached hydrogens (tertiary/aromatic N) is 2. The molecule has 4 heteroatoms. The first-order chi connectivity index (χ1) is 7.79. The molecule has 0 fully saturated rings. The van der Waals surface area contributed by atoms with Crippen LogP contribution in [0.25, 0.3) is 0 Å². The van der Waals surface area contributed by atoms with Crippen molar-refractivity contribution < 1.29 is 0 Å². The summed E-state index contributed by atoms with van der Waals surface area (Å²) in [6, 6.07) is 8.32. The Morgan fingerprint density at radius 3 is 2.69 bits per heavy atom. The van der Waals surface area contributed by atoms with E-state index in [0.717, 1.165) is 17.4 Å². The van der Waals surface area contributed by atoms with E-state index in [9.17, 15) is 0 Å². The summed E-state index contributed by atoms with van der Waals surface area (Å²) in [6.45, 7) is 1.51. The fourth-order valence-corrected chi connectivity index (χ4v) is 1.90. The van der Waals surface area contributed by atoms with E-state index in [4.69, 9.17) is 5.73 Å². The van der Waals surface area contributed by atoms with Gasteiger partial charge in [-0.2, -0.15) is 0 Å². The molecule has 2 rings (SSSR count). The lowest BCUT2D eigenvalue weighted by Crippen LogP contribution is -2.09. The first-order valence-electron chi connectivity index (χ1n) is 5.23. The van der Waals surface area contributed by atoms with Crippen molar-refractivity contribution in [3.05, 3.63) is 52.5 Å². The van der Waals surface area contributed by atoms with Crippen LogP contribution in [0.4, 0.5) is 0 Å². The molecule has 2 N–H and O–H groups in total. The zero-order valence-electron chi connectivity index (χ0n) is 8.94. The molecule has 16 heavy (non-hydrogen) atoms. The van der Waals surface area contributed by atoms with Crippen LogP contribution < -0.4 is 5.73 Å². The van der Waals surface area contributed by atoms with E-state index in [-0.39, 0.29) is 0 Å². The van der Waals surface area contributed by atoms with Crippen molar-refractivity contribution in [1.29, 1.82) is 0 Å². The maximum atomic E-state index is 5.55. The molecule has 1 aromatic heterocycles. The van der Waals surface area contributed by atoms with Gasteiger partial charge in [0.1, 0.15) is 0 Å². The zero-order chi connectivity index (χ0) is 11.4. The number of hydrogen-bond acceptors (Lipinski definition) is 2. The van der Waals surface area contributed by atoms with Crippen molar-refractivity contribution in [2.24, 2.45) is 5.73 Å². The summed E-state index contributed by atoms with van der Waals surface area (Å²) in [7, 11) is 0. The second-order valence-corrected chi connectivity index (χ2v) is 4.59. The molecule has 1 aromatic carbocycles. The van der Waals surface area contributed by atoms with Gasteiger partial charge in [0.25, 0.3) is 0 Å². The second-order valence-electron chi connectivity index (χ2n) is 3.68. The van der Waals surface area contributed by atoms with Crippen LogP contribution in [0.2, 0.25) is 0 Å². The molecule has 2 aromatic rings. The summed E-state index contributed by atoms with van der Waals surface area (Å²) in [4.78, 5) is 4.15. The fourth-order valence-electron chi connectivity index (χ4n) is 1.63. The highest BCUT2D eigenvalue weighted by Crippen LogP contribution is 2.12. The molecule has 0 amide bonds. The topological polar surface area (TPSA) is 43.8 Å². The van der Waals surface area contributed by atoms with Gasteiger partial charge in [0.15, 0.2) is 0 Å². The standard InChI is InChI=1S/C12H14BrN3/c13-11-3-1-10(2-4-11)8-16-9-15-7-12(16)5-6-14/h1-4,7,9H,5-6,8,14H2. The SMILES string of the molecule is NCCc1cncn1Cc1ccc(Br)cc1. The lowest BCUT2D eigenvalue weighted by Gasteiger charge is -2.07. The lowest BCUT2D eigenvalue weighted by atomic mass is 10.2. The highest BCUT2D eigenvalue weighted by molar-refractivity contribution is 9.10. The Hall–Kier alpha value is -1.13. The number of benzene rings is 1. The lowest BCUT2D eigenvalue weighted by molar-refractivity contribution is 0.733. The molecular formula is C12H14BrN3. The van der Waals surface area contributed by atoms with Crippen LogP contribution in [0.15, 0.2) is 41.3 Å². The third-order valence-corrected chi connectivity index (χ3v) is 2.99. The highest BCUT2D eigenvalue weighted by Gasteiger charge is 2.01. The van der Waals surface area contributed by atoms with Gasteiger partial charge in [-0.25, -0.2) is 4.98 Å². The first kappa shape index (κ1) is 11.4. The molecule has 0 unspecified atom stereocenters. The van der Waals surface area contributed by atoms with Gasteiger partial charge in [-0.15, -0.1) is 0 Å². The van der Waals surface area contributed by atoms with Gasteiger partial charge in [0.05, 0.1) is 6.33 Å². The van der Waals surface area contributed by atoms with Crippen molar-refractivity contribution in [3.63, 3.8) is 0 Å². The first-order valence-corrected chi connectivity index (χ1v) is 6.02. The molecule has 0 saturated carbocycles. The van der Waals surface area contributed by atoms with E-state index in [2.05, 4.69) is 49.7 Å². The van der Waals surface area contributed by atoms with Gasteiger partial charge in [0, 0.05) is 29.3 Å². The molecule has 84 valence electrons. The zero-order valence-corrected chi connectivity index (χ0v) is 10.5. The monoisotopic (exact) mass is 279 g/mol. The molecule has 0 aliphatic heterocycles. The Morgan fingerprint density at radius 1 is 1.25 bits per heavy atom. The van der Waals surface area contributed by atoms with Crippen molar-refractivity contribution in [1.82, 2.24) is 9.55 Å². The number of hydrogen-bond donors (Lipinski definition) is 1. The molecule has 3 nitrogen and oxygen atoms in total. The van der Waals surface area contributed by atoms with Gasteiger partial charge in [-0.3, -0.25) is 0 Å². The molecule has 0 bridgehead atoms. The molecular weight excluding hydrogens is 266 g/mol. The predicted molar refractivity (Wildman–Crippen MR) is 68.2 cm³/mol. The Balaban J connectivity index is 2.13. The second kappa shape index (κ2) is 5.27. The predicted octanol–water partition coefficient (Wildman–Crippen LogP) is 2.20. The van der Waals surface area contributed by atoms with Gasteiger partial charge < -0.3 is 10.3 Å². The van der Waals surface area contributed by atoms with E-state index in [1.54, 1.807) is 0 Å². The van der Waals surface area contributed by atoms with Gasteiger partial charge in [-0.05, 0) is 24.2 Å². The molecule has 1 heterocycles. The Kier molecular flexibility index (Phi) is 3.74. The summed E-state index contributed by atoms with van der Waals surface area (Å²) in [5, 5.41) is 0. The maximum Gasteiger partial charge on any atom is 0.0951 e. The highest BCUT2D eigenvalue weighted by atomic mass is 79.9. The number of rotatable bonds is 4. The average Bonchev–Trinajstić information content (AvgIpc) is 2.70. The molecule has 0 atom stereocenters. The number of imidazole rings is 1. The Morgan fingerprint density at radius 2 is 2.00 bits per heavy atom. The molecule has 0 spiro atoms. The molecule has 0 saturated heterocycles. The summed E-state index contributed by atoms with van der Waals surface area (Å²) >= 11 is 3.43. The van der Waals surface area contributed by atoms with Crippen LogP contribution in [-0.4, -0.2) is 16.1 Å². The number of aromatic nitrogens is 2. The van der Waals surface area contributed by atoms with E-state index in [0.29, 0.717) is 6.54 Å². The third kappa shape index (κ3) is 2.71. The van der Waals surface area contributed by atoms with E-state index in [1.165, 1.54) is 11.3 Å². The summed E-state index contributed by atoms with van der Waals surface area (Å²) in [6.07, 6.45) is 4.61. The quantitative estimate of drug-likeness (QED) is 0.933. The summed E-state index contributed by atoms with van der Waals surface area (Å²) in [5.41, 5.74) is 8.00. The number of halogens is 1. The summed E-state index contributed by atoms with van der Waals surface area (Å²) < 4.78 is 3.24. The fraction of sp³-hybridized carbons (Fsp3) is 0.250. The number of nitrogens with two attached hydrogens (primary N) is 1. The van der Waals surface area contributed by atoms with E-state index < -0.39 is 0 Å². The largest absolute Gasteiger partial charge is 0.330 e. The van der Waals surface area contributed by atoms with E-state index >= 15 is 0 Å². The van der Waals surface area contributed by atoms with Crippen molar-refractivity contribution in [3.8, 4) is 0 Å². The Labute approximate surface area is 103 Å². The maximum absolute atomic E-state index is 5.55. The normalized spacial score (nSPS) is 10.6. The van der Waals surface area contributed by atoms with Crippen LogP contribution in [0, 0.1) is 0 Å². The van der Waals surface area contributed by atoms with Crippen LogP contribution in [-0.2, 0) is 13.0 Å². The minimum absolute atomic E-state index is 0.659. The molecule has 0 aliphatic rings. The minimum atomic E-state index is 0.659. The van der Waals surface area contributed by atoms with Crippen molar-refractivity contribution >= 4 is 15.9 Å². The van der Waals surface area contributed by atoms with Gasteiger partial charge >= 0.3 is 0 Å². The van der Waals surface area contributed by atoms with Crippen LogP contribution >= 0.6 is 15.9 Å². The van der Waals surface area contributed by atoms with Crippen molar-refractivity contribution in [2.45, 2.75) is 13.0 Å². The minimum Gasteiger partial charge on any atom is -0.330 e. The molecule has 0 radical (unpaired) electrons. The Bertz CT molecular complexity index is 448. The third-order valence-electron chi connectivity index (χ3n) is 2.47. The van der Waals surface area contributed by atoms with Gasteiger partial charge in [0.2, 0.25) is 0 Å². The smallest absolute Gasteiger partial charge is 0.0951 e. The van der Waals surface area contributed by atoms with Crippen molar-refractivity contribution in [2.75, 3.05) is 6.54 Å². The van der Waals surface area contributed by atoms with Crippen LogP contribution in [0.5, 0.6) is 0 Å². The van der Waals surface area contributed by atoms with Crippen LogP contribution in [0.3, 0.4) is 0 Å². The van der Waals surface area contributed by atoms with Gasteiger partial charge in [-0.1, -0.05) is 28.1 Å². The average molecular weight is 280 g/mol. The van der Waals surface area contributed by atoms with Crippen LogP contribution in [0.1, 0.15) is 11.3 Å².